The number of fused-ring (bicyclic) bond motifs is 1. The van der Waals surface area contributed by atoms with E-state index in [1.165, 1.54) is 0 Å². The zero-order chi connectivity index (χ0) is 14.1. The van der Waals surface area contributed by atoms with Gasteiger partial charge in [0.05, 0.1) is 0 Å². The van der Waals surface area contributed by atoms with Crippen LogP contribution < -0.4 is 14.8 Å². The van der Waals surface area contributed by atoms with Crippen LogP contribution in [0.25, 0.3) is 0 Å². The normalized spacial score (nSPS) is 22.8. The van der Waals surface area contributed by atoms with E-state index in [4.69, 9.17) is 18.9 Å². The van der Waals surface area contributed by atoms with E-state index in [-0.39, 0.29) is 19.5 Å². The number of cyclic esters (lactones) is 1. The van der Waals surface area contributed by atoms with Crippen molar-refractivity contribution >= 4 is 12.1 Å². The zero-order valence-corrected chi connectivity index (χ0v) is 10.8. The molecule has 1 saturated heterocycles. The van der Waals surface area contributed by atoms with Gasteiger partial charge in [-0.3, -0.25) is 0 Å². The standard InChI is InChI=1S/C13H13NO6/c1-7-11(12(15)20-7)14-13(16)17-5-8-2-3-9-10(4-8)19-6-18-9/h2-4,7,11H,5-6H2,1H3,(H,14,16)/t7-,11+/m0/s1. The van der Waals surface area contributed by atoms with Crippen LogP contribution in [0.3, 0.4) is 0 Å². The van der Waals surface area contributed by atoms with Gasteiger partial charge >= 0.3 is 12.1 Å². The Balaban J connectivity index is 1.51. The summed E-state index contributed by atoms with van der Waals surface area (Å²) in [6.07, 6.45) is -0.975. The maximum absolute atomic E-state index is 11.5. The number of amides is 1. The summed E-state index contributed by atoms with van der Waals surface area (Å²) in [4.78, 5) is 22.6. The SMILES string of the molecule is C[C@@H]1OC(=O)[C@@H]1NC(=O)OCc1ccc2c(c1)OCO2. The van der Waals surface area contributed by atoms with Gasteiger partial charge in [-0.2, -0.15) is 0 Å². The molecule has 2 aliphatic heterocycles. The highest BCUT2D eigenvalue weighted by Crippen LogP contribution is 2.32. The molecule has 2 heterocycles. The lowest BCUT2D eigenvalue weighted by atomic mass is 10.1. The lowest BCUT2D eigenvalue weighted by Crippen LogP contribution is -2.58. The number of alkyl carbamates (subject to hydrolysis) is 1. The number of hydrogen-bond acceptors (Lipinski definition) is 6. The van der Waals surface area contributed by atoms with E-state index < -0.39 is 18.1 Å². The van der Waals surface area contributed by atoms with Crippen LogP contribution in [0.5, 0.6) is 11.5 Å². The monoisotopic (exact) mass is 279 g/mol. The summed E-state index contributed by atoms with van der Waals surface area (Å²) in [5, 5.41) is 2.45. The lowest BCUT2D eigenvalue weighted by Gasteiger charge is -2.32. The maximum Gasteiger partial charge on any atom is 0.408 e. The second-order valence-corrected chi connectivity index (χ2v) is 4.53. The topological polar surface area (TPSA) is 83.1 Å². The number of rotatable bonds is 3. The fourth-order valence-corrected chi connectivity index (χ4v) is 1.97. The van der Waals surface area contributed by atoms with Gasteiger partial charge in [0.25, 0.3) is 0 Å². The molecule has 2 atom stereocenters. The van der Waals surface area contributed by atoms with Crippen molar-refractivity contribution in [3.8, 4) is 11.5 Å². The second kappa shape index (κ2) is 4.92. The van der Waals surface area contributed by atoms with Crippen molar-refractivity contribution in [1.82, 2.24) is 5.32 Å². The minimum atomic E-state index is -0.656. The number of nitrogens with one attached hydrogen (secondary N) is 1. The lowest BCUT2D eigenvalue weighted by molar-refractivity contribution is -0.174. The zero-order valence-electron chi connectivity index (χ0n) is 10.8. The first-order valence-corrected chi connectivity index (χ1v) is 6.16. The summed E-state index contributed by atoms with van der Waals surface area (Å²) in [6.45, 7) is 1.98. The number of esters is 1. The third kappa shape index (κ3) is 2.34. The van der Waals surface area contributed by atoms with Crippen molar-refractivity contribution in [2.24, 2.45) is 0 Å². The first kappa shape index (κ1) is 12.6. The van der Waals surface area contributed by atoms with Crippen molar-refractivity contribution in [1.29, 1.82) is 0 Å². The van der Waals surface area contributed by atoms with Gasteiger partial charge in [0, 0.05) is 0 Å². The molecule has 1 aromatic rings. The van der Waals surface area contributed by atoms with E-state index in [1.807, 2.05) is 0 Å². The molecular formula is C13H13NO6. The Morgan fingerprint density at radius 3 is 2.95 bits per heavy atom. The summed E-state index contributed by atoms with van der Waals surface area (Å²) in [5.41, 5.74) is 0.772. The van der Waals surface area contributed by atoms with Crippen LogP contribution in [-0.2, 0) is 20.9 Å². The number of carbonyl (C=O) groups excluding carboxylic acids is 2. The first-order chi connectivity index (χ1) is 9.63. The largest absolute Gasteiger partial charge is 0.458 e. The molecule has 0 unspecified atom stereocenters. The van der Waals surface area contributed by atoms with Gasteiger partial charge in [-0.25, -0.2) is 9.59 Å². The Morgan fingerprint density at radius 1 is 1.40 bits per heavy atom. The van der Waals surface area contributed by atoms with Crippen molar-refractivity contribution in [3.63, 3.8) is 0 Å². The summed E-state index contributed by atoms with van der Waals surface area (Å²) < 4.78 is 20.2. The molecule has 0 aromatic heterocycles. The third-order valence-electron chi connectivity index (χ3n) is 3.11. The molecule has 106 valence electrons. The van der Waals surface area contributed by atoms with E-state index in [2.05, 4.69) is 5.32 Å². The van der Waals surface area contributed by atoms with Crippen LogP contribution in [0.15, 0.2) is 18.2 Å². The molecule has 1 fully saturated rings. The van der Waals surface area contributed by atoms with Crippen LogP contribution in [0, 0.1) is 0 Å². The number of ether oxygens (including phenoxy) is 4. The van der Waals surface area contributed by atoms with Crippen LogP contribution >= 0.6 is 0 Å². The van der Waals surface area contributed by atoms with Crippen molar-refractivity contribution in [2.75, 3.05) is 6.79 Å². The molecule has 1 aromatic carbocycles. The molecule has 1 amide bonds. The molecule has 7 heteroatoms. The van der Waals surface area contributed by atoms with Gasteiger partial charge in [0.1, 0.15) is 12.7 Å². The summed E-state index contributed by atoms with van der Waals surface area (Å²) in [6, 6.07) is 4.65. The highest BCUT2D eigenvalue weighted by Gasteiger charge is 2.40. The number of carbonyl (C=O) groups is 2. The molecular weight excluding hydrogens is 266 g/mol. The van der Waals surface area contributed by atoms with E-state index >= 15 is 0 Å². The van der Waals surface area contributed by atoms with Crippen LogP contribution in [-0.4, -0.2) is 31.0 Å². The van der Waals surface area contributed by atoms with E-state index in [0.717, 1.165) is 5.56 Å². The van der Waals surface area contributed by atoms with Gasteiger partial charge in [0.2, 0.25) is 6.79 Å². The Kier molecular flexibility index (Phi) is 3.09. The first-order valence-electron chi connectivity index (χ1n) is 6.16. The Labute approximate surface area is 114 Å². The average Bonchev–Trinajstić information content (AvgIpc) is 2.90. The fourth-order valence-electron chi connectivity index (χ4n) is 1.97. The summed E-state index contributed by atoms with van der Waals surface area (Å²) in [5.74, 6) is 0.851. The predicted molar refractivity (Wildman–Crippen MR) is 65.2 cm³/mol. The molecule has 3 rings (SSSR count). The highest BCUT2D eigenvalue weighted by molar-refractivity contribution is 5.86. The van der Waals surface area contributed by atoms with Gasteiger partial charge in [-0.1, -0.05) is 6.07 Å². The minimum absolute atomic E-state index is 0.0820. The molecule has 0 spiro atoms. The molecule has 20 heavy (non-hydrogen) atoms. The molecule has 0 saturated carbocycles. The van der Waals surface area contributed by atoms with Gasteiger partial charge in [-0.15, -0.1) is 0 Å². The molecule has 0 bridgehead atoms. The minimum Gasteiger partial charge on any atom is -0.458 e. The van der Waals surface area contributed by atoms with Crippen molar-refractivity contribution < 1.29 is 28.5 Å². The fraction of sp³-hybridized carbons (Fsp3) is 0.385. The Hall–Kier alpha value is -2.44. The average molecular weight is 279 g/mol. The molecule has 0 radical (unpaired) electrons. The quantitative estimate of drug-likeness (QED) is 0.830. The third-order valence-corrected chi connectivity index (χ3v) is 3.11. The number of hydrogen-bond donors (Lipinski definition) is 1. The second-order valence-electron chi connectivity index (χ2n) is 4.53. The van der Waals surface area contributed by atoms with Crippen molar-refractivity contribution in [2.45, 2.75) is 25.7 Å². The maximum atomic E-state index is 11.5. The van der Waals surface area contributed by atoms with E-state index in [1.54, 1.807) is 25.1 Å². The highest BCUT2D eigenvalue weighted by atomic mass is 16.7. The smallest absolute Gasteiger partial charge is 0.408 e. The number of benzene rings is 1. The van der Waals surface area contributed by atoms with Crippen LogP contribution in [0.4, 0.5) is 4.79 Å². The van der Waals surface area contributed by atoms with Gasteiger partial charge < -0.3 is 24.3 Å². The van der Waals surface area contributed by atoms with Crippen LogP contribution in [0.2, 0.25) is 0 Å². The molecule has 0 aliphatic carbocycles. The van der Waals surface area contributed by atoms with Crippen molar-refractivity contribution in [3.05, 3.63) is 23.8 Å². The van der Waals surface area contributed by atoms with Crippen LogP contribution in [0.1, 0.15) is 12.5 Å². The summed E-state index contributed by atoms with van der Waals surface area (Å²) >= 11 is 0. The molecule has 7 nitrogen and oxygen atoms in total. The summed E-state index contributed by atoms with van der Waals surface area (Å²) in [7, 11) is 0. The van der Waals surface area contributed by atoms with E-state index in [0.29, 0.717) is 11.5 Å². The Bertz CT molecular complexity index is 558. The van der Waals surface area contributed by atoms with E-state index in [9.17, 15) is 9.59 Å². The molecule has 1 N–H and O–H groups in total. The van der Waals surface area contributed by atoms with Gasteiger partial charge in [0.15, 0.2) is 17.5 Å². The predicted octanol–water partition coefficient (Wildman–Crippen LogP) is 0.955. The molecule has 2 aliphatic rings. The Morgan fingerprint density at radius 2 is 2.20 bits per heavy atom. The van der Waals surface area contributed by atoms with Gasteiger partial charge in [-0.05, 0) is 24.6 Å².